The lowest BCUT2D eigenvalue weighted by molar-refractivity contribution is -0.141. The SMILES string of the molecule is Cn1ccccc1=O.FC(F)(F)c1ccccn1. The molecule has 2 heterocycles. The topological polar surface area (TPSA) is 34.9 Å². The molecule has 2 rings (SSSR count). The predicted octanol–water partition coefficient (Wildman–Crippen LogP) is 2.49. The molecule has 0 bridgehead atoms. The van der Waals surface area contributed by atoms with Crippen molar-refractivity contribution in [2.75, 3.05) is 0 Å². The Bertz CT molecular complexity index is 535. The van der Waals surface area contributed by atoms with E-state index in [4.69, 9.17) is 0 Å². The molecule has 0 unspecified atom stereocenters. The maximum Gasteiger partial charge on any atom is 0.433 e. The summed E-state index contributed by atoms with van der Waals surface area (Å²) in [5.41, 5.74) is -0.817. The van der Waals surface area contributed by atoms with Crippen LogP contribution in [0.1, 0.15) is 5.69 Å². The van der Waals surface area contributed by atoms with Gasteiger partial charge in [-0.25, -0.2) is 0 Å². The van der Waals surface area contributed by atoms with Crippen molar-refractivity contribution in [3.63, 3.8) is 0 Å². The summed E-state index contributed by atoms with van der Waals surface area (Å²) in [6.07, 6.45) is -1.48. The zero-order valence-corrected chi connectivity index (χ0v) is 9.56. The second-order valence-corrected chi connectivity index (χ2v) is 3.36. The highest BCUT2D eigenvalue weighted by molar-refractivity contribution is 5.06. The number of alkyl halides is 3. The zero-order chi connectivity index (χ0) is 13.6. The third-order valence-corrected chi connectivity index (χ3v) is 1.96. The van der Waals surface area contributed by atoms with Crippen molar-refractivity contribution in [1.29, 1.82) is 0 Å². The van der Waals surface area contributed by atoms with Gasteiger partial charge in [-0.1, -0.05) is 12.1 Å². The molecule has 0 radical (unpaired) electrons. The van der Waals surface area contributed by atoms with Gasteiger partial charge < -0.3 is 4.57 Å². The van der Waals surface area contributed by atoms with Gasteiger partial charge in [-0.05, 0) is 18.2 Å². The summed E-state index contributed by atoms with van der Waals surface area (Å²) < 4.78 is 36.7. The van der Waals surface area contributed by atoms with Gasteiger partial charge in [-0.3, -0.25) is 9.78 Å². The molecule has 0 aromatic carbocycles. The summed E-state index contributed by atoms with van der Waals surface area (Å²) in [5.74, 6) is 0. The lowest BCUT2D eigenvalue weighted by atomic mass is 10.3. The van der Waals surface area contributed by atoms with Crippen LogP contribution in [-0.4, -0.2) is 9.55 Å². The molecule has 0 aliphatic rings. The maximum atomic E-state index is 11.7. The quantitative estimate of drug-likeness (QED) is 0.725. The Morgan fingerprint density at radius 3 is 2.11 bits per heavy atom. The van der Waals surface area contributed by atoms with Crippen molar-refractivity contribution in [2.45, 2.75) is 6.18 Å². The molecule has 6 heteroatoms. The second-order valence-electron chi connectivity index (χ2n) is 3.36. The highest BCUT2D eigenvalue weighted by Crippen LogP contribution is 2.26. The molecule has 3 nitrogen and oxygen atoms in total. The zero-order valence-electron chi connectivity index (χ0n) is 9.56. The lowest BCUT2D eigenvalue weighted by Crippen LogP contribution is -2.12. The van der Waals surface area contributed by atoms with Crippen LogP contribution in [0.5, 0.6) is 0 Å². The van der Waals surface area contributed by atoms with Crippen LogP contribution < -0.4 is 5.56 Å². The summed E-state index contributed by atoms with van der Waals surface area (Å²) in [5, 5.41) is 0. The molecule has 0 fully saturated rings. The van der Waals surface area contributed by atoms with Crippen LogP contribution in [0, 0.1) is 0 Å². The number of hydrogen-bond donors (Lipinski definition) is 0. The van der Waals surface area contributed by atoms with Crippen molar-refractivity contribution < 1.29 is 13.2 Å². The molecule has 0 amide bonds. The monoisotopic (exact) mass is 256 g/mol. The maximum absolute atomic E-state index is 11.7. The minimum absolute atomic E-state index is 0.0347. The largest absolute Gasteiger partial charge is 0.433 e. The number of hydrogen-bond acceptors (Lipinski definition) is 2. The summed E-state index contributed by atoms with van der Waals surface area (Å²) in [6.45, 7) is 0. The van der Waals surface area contributed by atoms with E-state index < -0.39 is 11.9 Å². The first-order valence-electron chi connectivity index (χ1n) is 5.01. The molecule has 0 aliphatic carbocycles. The average molecular weight is 256 g/mol. The third-order valence-electron chi connectivity index (χ3n) is 1.96. The van der Waals surface area contributed by atoms with E-state index in [-0.39, 0.29) is 5.56 Å². The van der Waals surface area contributed by atoms with Crippen molar-refractivity contribution in [2.24, 2.45) is 7.05 Å². The van der Waals surface area contributed by atoms with Crippen molar-refractivity contribution in [3.8, 4) is 0 Å². The molecule has 96 valence electrons. The molecule has 0 aliphatic heterocycles. The van der Waals surface area contributed by atoms with Crippen LogP contribution in [0.3, 0.4) is 0 Å². The number of pyridine rings is 2. The third kappa shape index (κ3) is 4.40. The van der Waals surface area contributed by atoms with E-state index in [0.717, 1.165) is 12.3 Å². The minimum Gasteiger partial charge on any atom is -0.319 e. The fourth-order valence-corrected chi connectivity index (χ4v) is 1.04. The van der Waals surface area contributed by atoms with Crippen LogP contribution in [0.15, 0.2) is 53.6 Å². The number of aryl methyl sites for hydroxylation is 1. The second kappa shape index (κ2) is 6.00. The van der Waals surface area contributed by atoms with E-state index in [0.29, 0.717) is 0 Å². The van der Waals surface area contributed by atoms with E-state index in [9.17, 15) is 18.0 Å². The highest BCUT2D eigenvalue weighted by atomic mass is 19.4. The minimum atomic E-state index is -4.32. The number of aromatic nitrogens is 2. The summed E-state index contributed by atoms with van der Waals surface area (Å²) in [4.78, 5) is 13.7. The normalized spacial score (nSPS) is 10.4. The molecule has 2 aromatic rings. The van der Waals surface area contributed by atoms with E-state index in [1.165, 1.54) is 22.8 Å². The van der Waals surface area contributed by atoms with Gasteiger partial charge in [0.2, 0.25) is 5.56 Å². The van der Waals surface area contributed by atoms with Gasteiger partial charge in [-0.2, -0.15) is 13.2 Å². The molecule has 2 aromatic heterocycles. The Labute approximate surface area is 102 Å². The average Bonchev–Trinajstić information content (AvgIpc) is 2.34. The van der Waals surface area contributed by atoms with Crippen LogP contribution in [0.4, 0.5) is 13.2 Å². The standard InChI is InChI=1S/C6H4F3N.C6H7NO/c7-6(8,9)5-3-1-2-4-10-5;1-7-5-3-2-4-6(7)8/h1-4H;2-5H,1H3. The molecule has 18 heavy (non-hydrogen) atoms. The van der Waals surface area contributed by atoms with Crippen LogP contribution in [0.2, 0.25) is 0 Å². The van der Waals surface area contributed by atoms with Crippen LogP contribution >= 0.6 is 0 Å². The Morgan fingerprint density at radius 1 is 1.11 bits per heavy atom. The van der Waals surface area contributed by atoms with E-state index >= 15 is 0 Å². The smallest absolute Gasteiger partial charge is 0.319 e. The lowest BCUT2D eigenvalue weighted by Gasteiger charge is -2.02. The van der Waals surface area contributed by atoms with Gasteiger partial charge in [0.1, 0.15) is 5.69 Å². The predicted molar refractivity (Wildman–Crippen MR) is 60.9 cm³/mol. The van der Waals surface area contributed by atoms with Gasteiger partial charge in [0.25, 0.3) is 0 Å². The molecule has 0 spiro atoms. The Balaban J connectivity index is 0.000000184. The molecule has 0 N–H and O–H groups in total. The van der Waals surface area contributed by atoms with E-state index in [1.54, 1.807) is 19.3 Å². The first kappa shape index (κ1) is 14.0. The van der Waals surface area contributed by atoms with Gasteiger partial charge in [0.15, 0.2) is 0 Å². The molecular formula is C12H11F3N2O. The fraction of sp³-hybridized carbons (Fsp3) is 0.167. The first-order chi connectivity index (χ1) is 8.41. The molecule has 0 atom stereocenters. The summed E-state index contributed by atoms with van der Waals surface area (Å²) in [6, 6.07) is 8.74. The van der Waals surface area contributed by atoms with Gasteiger partial charge in [0, 0.05) is 25.5 Å². The Morgan fingerprint density at radius 2 is 1.78 bits per heavy atom. The number of rotatable bonds is 0. The summed E-state index contributed by atoms with van der Waals surface area (Å²) >= 11 is 0. The molecular weight excluding hydrogens is 245 g/mol. The van der Waals surface area contributed by atoms with Crippen molar-refractivity contribution in [1.82, 2.24) is 9.55 Å². The van der Waals surface area contributed by atoms with E-state index in [2.05, 4.69) is 4.98 Å². The number of nitrogens with zero attached hydrogens (tertiary/aromatic N) is 2. The fourth-order valence-electron chi connectivity index (χ4n) is 1.04. The van der Waals surface area contributed by atoms with Crippen LogP contribution in [0.25, 0.3) is 0 Å². The Kier molecular flexibility index (Phi) is 4.65. The molecule has 0 saturated carbocycles. The van der Waals surface area contributed by atoms with Crippen molar-refractivity contribution in [3.05, 3.63) is 64.8 Å². The summed E-state index contributed by atoms with van der Waals surface area (Å²) in [7, 11) is 1.72. The first-order valence-corrected chi connectivity index (χ1v) is 5.01. The Hall–Kier alpha value is -2.11. The van der Waals surface area contributed by atoms with Crippen molar-refractivity contribution >= 4 is 0 Å². The highest BCUT2D eigenvalue weighted by Gasteiger charge is 2.31. The van der Waals surface area contributed by atoms with Gasteiger partial charge >= 0.3 is 6.18 Å². The van der Waals surface area contributed by atoms with Gasteiger partial charge in [0.05, 0.1) is 0 Å². The van der Waals surface area contributed by atoms with Crippen LogP contribution in [-0.2, 0) is 13.2 Å². The molecule has 0 saturated heterocycles. The number of halogens is 3. The van der Waals surface area contributed by atoms with E-state index in [1.807, 2.05) is 6.07 Å². The van der Waals surface area contributed by atoms with Gasteiger partial charge in [-0.15, -0.1) is 0 Å².